The molecule has 0 unspecified atom stereocenters. The van der Waals surface area contributed by atoms with Crippen molar-refractivity contribution in [2.24, 2.45) is 0 Å². The minimum atomic E-state index is -0.482. The largest absolute Gasteiger partial charge is 0.484 e. The van der Waals surface area contributed by atoms with Gasteiger partial charge in [0.05, 0.1) is 4.92 Å². The SMILES string of the molecule is CN1CCN(NC(=O)COc2ccc([N+](=O)[O-])cc2)CC1. The van der Waals surface area contributed by atoms with Crippen molar-refractivity contribution in [1.82, 2.24) is 15.3 Å². The van der Waals surface area contributed by atoms with Gasteiger partial charge in [0.25, 0.3) is 11.6 Å². The number of likely N-dealkylation sites (N-methyl/N-ethyl adjacent to an activating group) is 1. The van der Waals surface area contributed by atoms with Crippen molar-refractivity contribution in [1.29, 1.82) is 0 Å². The molecule has 0 spiro atoms. The summed E-state index contributed by atoms with van der Waals surface area (Å²) in [6.07, 6.45) is 0. The summed E-state index contributed by atoms with van der Waals surface area (Å²) in [4.78, 5) is 24.0. The van der Waals surface area contributed by atoms with E-state index in [0.29, 0.717) is 5.75 Å². The van der Waals surface area contributed by atoms with E-state index in [1.54, 1.807) is 0 Å². The number of non-ortho nitro benzene ring substituents is 1. The molecule has 1 fully saturated rings. The second kappa shape index (κ2) is 7.00. The highest BCUT2D eigenvalue weighted by Gasteiger charge is 2.15. The number of nitro benzene ring substituents is 1. The maximum absolute atomic E-state index is 11.7. The zero-order valence-corrected chi connectivity index (χ0v) is 11.8. The van der Waals surface area contributed by atoms with Crippen LogP contribution in [-0.4, -0.2) is 60.6 Å². The van der Waals surface area contributed by atoms with Gasteiger partial charge in [0.2, 0.25) is 0 Å². The summed E-state index contributed by atoms with van der Waals surface area (Å²) >= 11 is 0. The Bertz CT molecular complexity index is 497. The maximum Gasteiger partial charge on any atom is 0.272 e. The minimum absolute atomic E-state index is 0.00996. The van der Waals surface area contributed by atoms with Crippen LogP contribution in [0.3, 0.4) is 0 Å². The lowest BCUT2D eigenvalue weighted by Crippen LogP contribution is -2.53. The van der Waals surface area contributed by atoms with Gasteiger partial charge in [0.1, 0.15) is 5.75 Å². The maximum atomic E-state index is 11.7. The molecular weight excluding hydrogens is 276 g/mol. The zero-order chi connectivity index (χ0) is 15.2. The number of carbonyl (C=O) groups excluding carboxylic acids is 1. The Morgan fingerprint density at radius 1 is 1.29 bits per heavy atom. The number of benzene rings is 1. The van der Waals surface area contributed by atoms with Gasteiger partial charge in [0, 0.05) is 38.3 Å². The summed E-state index contributed by atoms with van der Waals surface area (Å²) in [5, 5.41) is 12.4. The molecule has 0 saturated carbocycles. The predicted octanol–water partition coefficient (Wildman–Crippen LogP) is 0.252. The molecule has 0 atom stereocenters. The lowest BCUT2D eigenvalue weighted by molar-refractivity contribution is -0.384. The molecule has 8 nitrogen and oxygen atoms in total. The van der Waals surface area contributed by atoms with Crippen LogP contribution < -0.4 is 10.2 Å². The van der Waals surface area contributed by atoms with Crippen LogP contribution in [0.2, 0.25) is 0 Å². The third kappa shape index (κ3) is 4.69. The monoisotopic (exact) mass is 294 g/mol. The molecule has 1 aliphatic heterocycles. The van der Waals surface area contributed by atoms with E-state index in [-0.39, 0.29) is 18.2 Å². The number of amides is 1. The van der Waals surface area contributed by atoms with Gasteiger partial charge in [-0.25, -0.2) is 5.01 Å². The summed E-state index contributed by atoms with van der Waals surface area (Å²) in [6, 6.07) is 5.63. The third-order valence-corrected chi connectivity index (χ3v) is 3.20. The highest BCUT2D eigenvalue weighted by molar-refractivity contribution is 5.77. The Morgan fingerprint density at radius 2 is 1.90 bits per heavy atom. The van der Waals surface area contributed by atoms with Crippen LogP contribution in [0.1, 0.15) is 0 Å². The van der Waals surface area contributed by atoms with Gasteiger partial charge in [-0.05, 0) is 19.2 Å². The molecule has 1 heterocycles. The normalized spacial score (nSPS) is 16.4. The van der Waals surface area contributed by atoms with E-state index in [4.69, 9.17) is 4.74 Å². The Hall–Kier alpha value is -2.19. The molecule has 2 rings (SSSR count). The molecule has 0 radical (unpaired) electrons. The van der Waals surface area contributed by atoms with Crippen LogP contribution in [0.15, 0.2) is 24.3 Å². The van der Waals surface area contributed by atoms with E-state index in [1.165, 1.54) is 24.3 Å². The first kappa shape index (κ1) is 15.2. The standard InChI is InChI=1S/C13H18N4O4/c1-15-6-8-16(9-7-15)14-13(18)10-21-12-4-2-11(3-5-12)17(19)20/h2-5H,6-10H2,1H3,(H,14,18). The van der Waals surface area contributed by atoms with E-state index < -0.39 is 4.92 Å². The molecule has 8 heteroatoms. The van der Waals surface area contributed by atoms with Crippen LogP contribution >= 0.6 is 0 Å². The average Bonchev–Trinajstić information content (AvgIpc) is 2.48. The Kier molecular flexibility index (Phi) is 5.07. The molecule has 0 aromatic heterocycles. The van der Waals surface area contributed by atoms with Crippen LogP contribution in [0.4, 0.5) is 5.69 Å². The van der Waals surface area contributed by atoms with Crippen molar-refractivity contribution >= 4 is 11.6 Å². The van der Waals surface area contributed by atoms with Gasteiger partial charge < -0.3 is 9.64 Å². The lowest BCUT2D eigenvalue weighted by atomic mass is 10.3. The number of rotatable bonds is 5. The van der Waals surface area contributed by atoms with Gasteiger partial charge >= 0.3 is 0 Å². The first-order valence-corrected chi connectivity index (χ1v) is 6.65. The van der Waals surface area contributed by atoms with Gasteiger partial charge in [-0.2, -0.15) is 0 Å². The summed E-state index contributed by atoms with van der Waals surface area (Å²) in [5.41, 5.74) is 2.76. The number of hydrogen-bond donors (Lipinski definition) is 1. The Morgan fingerprint density at radius 3 is 2.48 bits per heavy atom. The van der Waals surface area contributed by atoms with Gasteiger partial charge in [-0.15, -0.1) is 0 Å². The van der Waals surface area contributed by atoms with Crippen molar-refractivity contribution in [2.45, 2.75) is 0 Å². The van der Waals surface area contributed by atoms with Crippen LogP contribution in [0.5, 0.6) is 5.75 Å². The zero-order valence-electron chi connectivity index (χ0n) is 11.8. The van der Waals surface area contributed by atoms with E-state index in [9.17, 15) is 14.9 Å². The van der Waals surface area contributed by atoms with Crippen molar-refractivity contribution in [3.05, 3.63) is 34.4 Å². The van der Waals surface area contributed by atoms with Crippen LogP contribution in [0, 0.1) is 10.1 Å². The molecule has 1 N–H and O–H groups in total. The molecular formula is C13H18N4O4. The first-order chi connectivity index (χ1) is 10.0. The van der Waals surface area contributed by atoms with Crippen molar-refractivity contribution < 1.29 is 14.5 Å². The molecule has 0 bridgehead atoms. The summed E-state index contributed by atoms with van der Waals surface area (Å²) in [7, 11) is 2.04. The second-order valence-corrected chi connectivity index (χ2v) is 4.86. The predicted molar refractivity (Wildman–Crippen MR) is 75.8 cm³/mol. The Balaban J connectivity index is 1.74. The number of carbonyl (C=O) groups is 1. The summed E-state index contributed by atoms with van der Waals surface area (Å²) in [6.45, 7) is 3.25. The number of hydrazine groups is 1. The number of nitrogens with one attached hydrogen (secondary N) is 1. The number of hydrogen-bond acceptors (Lipinski definition) is 6. The smallest absolute Gasteiger partial charge is 0.272 e. The van der Waals surface area contributed by atoms with Gasteiger partial charge in [0.15, 0.2) is 6.61 Å². The van der Waals surface area contributed by atoms with E-state index in [0.717, 1.165) is 26.2 Å². The highest BCUT2D eigenvalue weighted by atomic mass is 16.6. The molecule has 1 amide bonds. The molecule has 0 aliphatic carbocycles. The molecule has 1 aliphatic rings. The lowest BCUT2D eigenvalue weighted by Gasteiger charge is -2.32. The van der Waals surface area contributed by atoms with Crippen molar-refractivity contribution in [3.63, 3.8) is 0 Å². The van der Waals surface area contributed by atoms with E-state index >= 15 is 0 Å². The van der Waals surface area contributed by atoms with Gasteiger partial charge in [-0.1, -0.05) is 0 Å². The van der Waals surface area contributed by atoms with Gasteiger partial charge in [-0.3, -0.25) is 20.3 Å². The summed E-state index contributed by atoms with van der Waals surface area (Å²) in [5.74, 6) is 0.187. The number of nitro groups is 1. The highest BCUT2D eigenvalue weighted by Crippen LogP contribution is 2.17. The van der Waals surface area contributed by atoms with E-state index in [2.05, 4.69) is 10.3 Å². The van der Waals surface area contributed by atoms with Crippen LogP contribution in [-0.2, 0) is 4.79 Å². The number of piperazine rings is 1. The minimum Gasteiger partial charge on any atom is -0.484 e. The first-order valence-electron chi connectivity index (χ1n) is 6.65. The van der Waals surface area contributed by atoms with Crippen LogP contribution in [0.25, 0.3) is 0 Å². The topological polar surface area (TPSA) is 88.0 Å². The molecule has 1 aromatic carbocycles. The molecule has 1 saturated heterocycles. The quantitative estimate of drug-likeness (QED) is 0.619. The van der Waals surface area contributed by atoms with E-state index in [1.807, 2.05) is 12.1 Å². The fourth-order valence-electron chi connectivity index (χ4n) is 1.94. The van der Waals surface area contributed by atoms with Crippen molar-refractivity contribution in [3.8, 4) is 5.75 Å². The fraction of sp³-hybridized carbons (Fsp3) is 0.462. The Labute approximate surface area is 122 Å². The van der Waals surface area contributed by atoms with Crippen molar-refractivity contribution in [2.75, 3.05) is 39.8 Å². The number of ether oxygens (including phenoxy) is 1. The molecule has 114 valence electrons. The molecule has 21 heavy (non-hydrogen) atoms. The second-order valence-electron chi connectivity index (χ2n) is 4.86. The number of nitrogens with zero attached hydrogens (tertiary/aromatic N) is 3. The average molecular weight is 294 g/mol. The fourth-order valence-corrected chi connectivity index (χ4v) is 1.94. The third-order valence-electron chi connectivity index (χ3n) is 3.20. The summed E-state index contributed by atoms with van der Waals surface area (Å²) < 4.78 is 5.29. The molecule has 1 aromatic rings.